The van der Waals surface area contributed by atoms with Gasteiger partial charge in [-0.25, -0.2) is 4.39 Å². The zero-order valence-corrected chi connectivity index (χ0v) is 29.1. The highest BCUT2D eigenvalue weighted by Crippen LogP contribution is 2.65. The number of hydrogen-bond donors (Lipinski definition) is 4. The van der Waals surface area contributed by atoms with E-state index in [1.165, 1.54) is 11.6 Å². The molecule has 0 radical (unpaired) electrons. The number of hydrogen-bond acceptors (Lipinski definition) is 8. The smallest absolute Gasteiger partial charge is 0.161 e. The number of aliphatic hydroxyl groups excluding tert-OH is 4. The van der Waals surface area contributed by atoms with E-state index in [-0.39, 0.29) is 82.0 Å². The van der Waals surface area contributed by atoms with Gasteiger partial charge < -0.3 is 20.4 Å². The first kappa shape index (κ1) is 35.3. The predicted molar refractivity (Wildman–Crippen MR) is 178 cm³/mol. The van der Waals surface area contributed by atoms with Gasteiger partial charge in [0.15, 0.2) is 23.1 Å². The van der Waals surface area contributed by atoms with E-state index in [1.54, 1.807) is 0 Å². The van der Waals surface area contributed by atoms with E-state index in [0.29, 0.717) is 61.9 Å². The molecule has 0 amide bonds. The number of rotatable bonds is 4. The first-order valence-electron chi connectivity index (χ1n) is 19.1. The molecule has 8 aliphatic carbocycles. The molecule has 6 fully saturated rings. The second-order valence-electron chi connectivity index (χ2n) is 17.6. The normalized spacial score (nSPS) is 48.3. The third-order valence-corrected chi connectivity index (χ3v) is 15.6. The van der Waals surface area contributed by atoms with Crippen molar-refractivity contribution in [2.45, 2.75) is 116 Å². The summed E-state index contributed by atoms with van der Waals surface area (Å²) in [5, 5.41) is 40.6. The van der Waals surface area contributed by atoms with Crippen LogP contribution >= 0.6 is 0 Å². The standard InChI is InChI=1S/C20H27FO4.C20H28O4/c1-20-8-17(24)19-11-3-2-10(23)6-12(11)16(21)7-13(19)14(20)4-5-15(20)18(25)9-22;1-20-9-17(23)19-13-5-3-12(22)8-11(13)2-4-14(19)15(20)6-7-16(20)18(24)10-21/h6,11,13-17,19,22,24H,2-5,7-9H2,1H3;8,13-17,19,21,23H,2-7,9-10H2,1H3/t11-,13-,14-,15+,16-,17+,19+,20-;13-,14-,15-,16+,17-,19+,20-/m00/s1. The van der Waals surface area contributed by atoms with Crippen molar-refractivity contribution in [1.29, 1.82) is 0 Å². The summed E-state index contributed by atoms with van der Waals surface area (Å²) in [5.41, 5.74) is 1.33. The average Bonchev–Trinajstić information content (AvgIpc) is 3.60. The summed E-state index contributed by atoms with van der Waals surface area (Å²) in [4.78, 5) is 47.9. The third-order valence-electron chi connectivity index (χ3n) is 15.6. The number of Topliss-reactive ketones (excluding diaryl/α,β-unsaturated/α-hetero) is 2. The number of carbonyl (C=O) groups is 4. The van der Waals surface area contributed by atoms with Crippen LogP contribution in [0.15, 0.2) is 23.3 Å². The van der Waals surface area contributed by atoms with E-state index in [0.717, 1.165) is 44.9 Å². The molecule has 270 valence electrons. The molecule has 9 heteroatoms. The van der Waals surface area contributed by atoms with Crippen LogP contribution in [0.2, 0.25) is 0 Å². The van der Waals surface area contributed by atoms with Crippen molar-refractivity contribution in [2.24, 2.45) is 70.0 Å². The topological polar surface area (TPSA) is 149 Å². The molecule has 0 bridgehead atoms. The van der Waals surface area contributed by atoms with Gasteiger partial charge in [0, 0.05) is 24.7 Å². The summed E-state index contributed by atoms with van der Waals surface area (Å²) in [5.74, 6) is 1.43. The largest absolute Gasteiger partial charge is 0.393 e. The molecule has 0 heterocycles. The molecule has 0 aromatic carbocycles. The Morgan fingerprint density at radius 3 is 1.80 bits per heavy atom. The Kier molecular flexibility index (Phi) is 9.49. The Bertz CT molecular complexity index is 1440. The van der Waals surface area contributed by atoms with Gasteiger partial charge in [-0.05, 0) is 147 Å². The lowest BCUT2D eigenvalue weighted by molar-refractivity contribution is -0.141. The molecule has 0 spiro atoms. The minimum Gasteiger partial charge on any atom is -0.393 e. The van der Waals surface area contributed by atoms with E-state index in [2.05, 4.69) is 6.92 Å². The summed E-state index contributed by atoms with van der Waals surface area (Å²) < 4.78 is 14.9. The number of carbonyl (C=O) groups excluding carboxylic acids is 4. The van der Waals surface area contributed by atoms with Gasteiger partial charge >= 0.3 is 0 Å². The number of ketones is 4. The summed E-state index contributed by atoms with van der Waals surface area (Å²) in [6.45, 7) is 3.37. The average molecular weight is 683 g/mol. The predicted octanol–water partition coefficient (Wildman–Crippen LogP) is 4.50. The van der Waals surface area contributed by atoms with Gasteiger partial charge in [-0.1, -0.05) is 19.4 Å². The Morgan fingerprint density at radius 2 is 1.22 bits per heavy atom. The Morgan fingerprint density at radius 1 is 0.714 bits per heavy atom. The first-order valence-corrected chi connectivity index (χ1v) is 19.1. The van der Waals surface area contributed by atoms with Gasteiger partial charge in [0.1, 0.15) is 19.4 Å². The van der Waals surface area contributed by atoms with Crippen LogP contribution in [-0.2, 0) is 19.2 Å². The van der Waals surface area contributed by atoms with Crippen molar-refractivity contribution in [3.8, 4) is 0 Å². The number of fused-ring (bicyclic) bond motifs is 10. The monoisotopic (exact) mass is 682 g/mol. The highest BCUT2D eigenvalue weighted by molar-refractivity contribution is 5.92. The number of halogens is 1. The maximum atomic E-state index is 14.9. The Balaban J connectivity index is 0.000000154. The molecule has 4 N–H and O–H groups in total. The van der Waals surface area contributed by atoms with Crippen molar-refractivity contribution in [2.75, 3.05) is 13.2 Å². The lowest BCUT2D eigenvalue weighted by atomic mass is 9.50. The first-order chi connectivity index (χ1) is 23.3. The summed E-state index contributed by atoms with van der Waals surface area (Å²) in [6, 6.07) is 0. The summed E-state index contributed by atoms with van der Waals surface area (Å²) >= 11 is 0. The molecule has 0 saturated heterocycles. The van der Waals surface area contributed by atoms with Crippen molar-refractivity contribution in [3.63, 3.8) is 0 Å². The minimum absolute atomic E-state index is 0.00281. The molecule has 0 aliphatic heterocycles. The molecular weight excluding hydrogens is 627 g/mol. The van der Waals surface area contributed by atoms with Gasteiger partial charge in [-0.2, -0.15) is 0 Å². The van der Waals surface area contributed by atoms with Crippen molar-refractivity contribution in [3.05, 3.63) is 23.3 Å². The SMILES string of the molecule is C[C@]12C[C@@H](O)[C@H]3[C@@H](C[C@H](F)C4=CC(=O)CC[C@@H]43)[C@@H]1CC[C@@H]2C(=O)CO.C[C@]12C[C@H](O)[C@H]3[C@@H](CCC4=CC(=O)CC[C@@H]43)[C@@H]1CC[C@@H]2C(=O)CO. The van der Waals surface area contributed by atoms with E-state index in [9.17, 15) is 44.0 Å². The third kappa shape index (κ3) is 5.68. The fourth-order valence-electron chi connectivity index (χ4n) is 13.8. The van der Waals surface area contributed by atoms with Crippen LogP contribution in [0.3, 0.4) is 0 Å². The number of allylic oxidation sites excluding steroid dienone is 2. The maximum Gasteiger partial charge on any atom is 0.161 e. The molecule has 8 nitrogen and oxygen atoms in total. The van der Waals surface area contributed by atoms with Crippen molar-refractivity contribution >= 4 is 23.1 Å². The van der Waals surface area contributed by atoms with Gasteiger partial charge in [0.25, 0.3) is 0 Å². The van der Waals surface area contributed by atoms with E-state index in [1.807, 2.05) is 13.0 Å². The van der Waals surface area contributed by atoms with E-state index in [4.69, 9.17) is 0 Å². The van der Waals surface area contributed by atoms with E-state index < -0.39 is 25.0 Å². The Labute approximate surface area is 289 Å². The molecule has 0 aromatic rings. The zero-order chi connectivity index (χ0) is 35.0. The van der Waals surface area contributed by atoms with Crippen LogP contribution in [0.1, 0.15) is 97.3 Å². The van der Waals surface area contributed by atoms with Crippen LogP contribution in [0.25, 0.3) is 0 Å². The van der Waals surface area contributed by atoms with E-state index >= 15 is 0 Å². The van der Waals surface area contributed by atoms with Crippen molar-refractivity contribution < 1.29 is 44.0 Å². The number of alkyl halides is 1. The fourth-order valence-corrected chi connectivity index (χ4v) is 13.8. The molecule has 8 aliphatic rings. The van der Waals surface area contributed by atoms with Crippen molar-refractivity contribution in [1.82, 2.24) is 0 Å². The molecular formula is C40H55FO8. The maximum absolute atomic E-state index is 14.9. The second kappa shape index (κ2) is 13.2. The van der Waals surface area contributed by atoms with Crippen LogP contribution < -0.4 is 0 Å². The van der Waals surface area contributed by atoms with Gasteiger partial charge in [0.2, 0.25) is 0 Å². The molecule has 0 aromatic heterocycles. The second-order valence-corrected chi connectivity index (χ2v) is 17.6. The zero-order valence-electron chi connectivity index (χ0n) is 29.1. The molecule has 49 heavy (non-hydrogen) atoms. The fraction of sp³-hybridized carbons (Fsp3) is 0.800. The number of aliphatic hydroxyl groups is 4. The Hall–Kier alpha value is -2.07. The van der Waals surface area contributed by atoms with Gasteiger partial charge in [0.05, 0.1) is 12.2 Å². The van der Waals surface area contributed by atoms with Crippen LogP contribution in [0, 0.1) is 70.0 Å². The quantitative estimate of drug-likeness (QED) is 0.339. The van der Waals surface area contributed by atoms with Crippen LogP contribution in [0.5, 0.6) is 0 Å². The van der Waals surface area contributed by atoms with Gasteiger partial charge in [-0.15, -0.1) is 0 Å². The summed E-state index contributed by atoms with van der Waals surface area (Å²) in [7, 11) is 0. The lowest BCUT2D eigenvalue weighted by Crippen LogP contribution is -2.55. The summed E-state index contributed by atoms with van der Waals surface area (Å²) in [6.07, 6.45) is 10.8. The van der Waals surface area contributed by atoms with Crippen LogP contribution in [-0.4, -0.2) is 75.2 Å². The molecule has 0 unspecified atom stereocenters. The lowest BCUT2D eigenvalue weighted by Gasteiger charge is -2.56. The highest BCUT2D eigenvalue weighted by Gasteiger charge is 2.62. The molecule has 8 rings (SSSR count). The molecule has 15 atom stereocenters. The highest BCUT2D eigenvalue weighted by atomic mass is 19.1. The van der Waals surface area contributed by atoms with Crippen LogP contribution in [0.4, 0.5) is 4.39 Å². The molecule has 6 saturated carbocycles. The van der Waals surface area contributed by atoms with Gasteiger partial charge in [-0.3, -0.25) is 19.2 Å². The minimum atomic E-state index is -1.11.